The molecule has 1 amide bonds. The number of rotatable bonds is 8. The molecule has 2 aromatic rings. The van der Waals surface area contributed by atoms with E-state index in [0.29, 0.717) is 38.7 Å². The first kappa shape index (κ1) is 20.7. The number of aliphatic hydroxyl groups excluding tert-OH is 1. The fourth-order valence-electron chi connectivity index (χ4n) is 3.99. The molecule has 1 saturated carbocycles. The van der Waals surface area contributed by atoms with Crippen LogP contribution in [-0.4, -0.2) is 54.9 Å². The molecule has 0 unspecified atom stereocenters. The van der Waals surface area contributed by atoms with Crippen LogP contribution < -0.4 is 9.64 Å². The molecular weight excluding hydrogens is 380 g/mol. The molecule has 6 nitrogen and oxygen atoms in total. The molecule has 2 aromatic carbocycles. The molecule has 160 valence electrons. The summed E-state index contributed by atoms with van der Waals surface area (Å²) in [7, 11) is 1.65. The highest BCUT2D eigenvalue weighted by Crippen LogP contribution is 2.34. The number of benzene rings is 2. The fourth-order valence-corrected chi connectivity index (χ4v) is 3.99. The van der Waals surface area contributed by atoms with E-state index in [4.69, 9.17) is 9.47 Å². The number of amides is 1. The number of nitrogens with zero attached hydrogens (tertiary/aromatic N) is 2. The molecule has 0 radical (unpaired) electrons. The molecule has 0 aromatic heterocycles. The predicted molar refractivity (Wildman–Crippen MR) is 116 cm³/mol. The second-order valence-electron chi connectivity index (χ2n) is 8.10. The van der Waals surface area contributed by atoms with Gasteiger partial charge in [0, 0.05) is 37.8 Å². The van der Waals surface area contributed by atoms with Gasteiger partial charge in [0.2, 0.25) is 5.91 Å². The lowest BCUT2D eigenvalue weighted by molar-refractivity contribution is -0.132. The second-order valence-corrected chi connectivity index (χ2v) is 8.10. The molecule has 1 fully saturated rings. The minimum Gasteiger partial charge on any atom is -0.497 e. The highest BCUT2D eigenvalue weighted by Gasteiger charge is 2.34. The van der Waals surface area contributed by atoms with Gasteiger partial charge in [-0.15, -0.1) is 0 Å². The van der Waals surface area contributed by atoms with E-state index in [2.05, 4.69) is 4.90 Å². The Bertz CT molecular complexity index is 854. The molecule has 1 aliphatic heterocycles. The van der Waals surface area contributed by atoms with Crippen LogP contribution in [0.15, 0.2) is 48.5 Å². The van der Waals surface area contributed by atoms with Crippen LogP contribution in [0.2, 0.25) is 0 Å². The van der Waals surface area contributed by atoms with E-state index in [1.165, 1.54) is 0 Å². The Morgan fingerprint density at radius 2 is 1.97 bits per heavy atom. The molecule has 0 saturated heterocycles. The lowest BCUT2D eigenvalue weighted by Gasteiger charge is -2.34. The van der Waals surface area contributed by atoms with Crippen LogP contribution in [0.1, 0.15) is 30.4 Å². The Labute approximate surface area is 178 Å². The molecule has 30 heavy (non-hydrogen) atoms. The lowest BCUT2D eigenvalue weighted by Crippen LogP contribution is -2.42. The summed E-state index contributed by atoms with van der Waals surface area (Å²) in [6.45, 7) is 2.31. The molecular formula is C24H30N2O4. The van der Waals surface area contributed by atoms with E-state index >= 15 is 0 Å². The summed E-state index contributed by atoms with van der Waals surface area (Å²) in [6.07, 6.45) is 2.00. The van der Waals surface area contributed by atoms with Crippen molar-refractivity contribution in [2.45, 2.75) is 44.6 Å². The van der Waals surface area contributed by atoms with Gasteiger partial charge < -0.3 is 24.4 Å². The number of hydrogen-bond acceptors (Lipinski definition) is 5. The van der Waals surface area contributed by atoms with E-state index < -0.39 is 6.10 Å². The number of methoxy groups -OCH3 is 1. The number of aliphatic hydroxyl groups is 1. The molecule has 1 atom stereocenters. The molecule has 4 rings (SSSR count). The standard InChI is InChI=1S/C24H30N2O4/c1-29-22-9-10-23-19(13-22)14-26(20-7-8-20)24(28)11-12-25(23)15-21(27)17-30-16-18-5-3-2-4-6-18/h2-6,9-10,13,20-21,27H,7-8,11-12,14-17H2,1H3/t21-/m0/s1. The number of hydrogen-bond donors (Lipinski definition) is 1. The molecule has 2 aliphatic rings. The Hall–Kier alpha value is -2.57. The SMILES string of the molecule is COc1ccc2c(c1)CN(C1CC1)C(=O)CCN2C[C@H](O)COCc1ccccc1. The number of fused-ring (bicyclic) bond motifs is 1. The van der Waals surface area contributed by atoms with Gasteiger partial charge in [-0.25, -0.2) is 0 Å². The Morgan fingerprint density at radius 3 is 2.70 bits per heavy atom. The van der Waals surface area contributed by atoms with Crippen LogP contribution >= 0.6 is 0 Å². The van der Waals surface area contributed by atoms with Gasteiger partial charge in [0.15, 0.2) is 0 Å². The van der Waals surface area contributed by atoms with Crippen molar-refractivity contribution >= 4 is 11.6 Å². The number of anilines is 1. The molecule has 1 aliphatic carbocycles. The molecule has 0 bridgehead atoms. The van der Waals surface area contributed by atoms with Gasteiger partial charge in [-0.05, 0) is 42.2 Å². The zero-order chi connectivity index (χ0) is 20.9. The van der Waals surface area contributed by atoms with E-state index in [1.54, 1.807) is 7.11 Å². The largest absolute Gasteiger partial charge is 0.497 e. The summed E-state index contributed by atoms with van der Waals surface area (Å²) in [6, 6.07) is 16.3. The van der Waals surface area contributed by atoms with Crippen molar-refractivity contribution in [1.29, 1.82) is 0 Å². The summed E-state index contributed by atoms with van der Waals surface area (Å²) >= 11 is 0. The van der Waals surface area contributed by atoms with E-state index in [-0.39, 0.29) is 12.5 Å². The molecule has 6 heteroatoms. The normalized spacial score (nSPS) is 17.9. The number of carbonyl (C=O) groups excluding carboxylic acids is 1. The van der Waals surface area contributed by atoms with Crippen molar-refractivity contribution in [3.8, 4) is 5.75 Å². The summed E-state index contributed by atoms with van der Waals surface area (Å²) in [5, 5.41) is 10.6. The third-order valence-electron chi connectivity index (χ3n) is 5.72. The number of β-amino-alcohol motifs (C(OH)–C–C–N with tert-alkyl or cyclic N) is 1. The Morgan fingerprint density at radius 1 is 1.17 bits per heavy atom. The Balaban J connectivity index is 1.44. The van der Waals surface area contributed by atoms with E-state index in [9.17, 15) is 9.90 Å². The maximum atomic E-state index is 12.8. The first-order valence-corrected chi connectivity index (χ1v) is 10.6. The smallest absolute Gasteiger partial charge is 0.224 e. The van der Waals surface area contributed by atoms with Gasteiger partial charge in [0.1, 0.15) is 5.75 Å². The topological polar surface area (TPSA) is 62.2 Å². The first-order chi connectivity index (χ1) is 14.6. The van der Waals surface area contributed by atoms with Crippen LogP contribution in [0.3, 0.4) is 0 Å². The first-order valence-electron chi connectivity index (χ1n) is 10.6. The van der Waals surface area contributed by atoms with E-state index in [1.807, 2.05) is 53.4 Å². The van der Waals surface area contributed by atoms with E-state index in [0.717, 1.165) is 35.4 Å². The van der Waals surface area contributed by atoms with Gasteiger partial charge in [-0.1, -0.05) is 30.3 Å². The van der Waals surface area contributed by atoms with Crippen LogP contribution in [-0.2, 0) is 22.7 Å². The third kappa shape index (κ3) is 5.12. The molecule has 1 N–H and O–H groups in total. The summed E-state index contributed by atoms with van der Waals surface area (Å²) < 4.78 is 11.1. The van der Waals surface area contributed by atoms with Gasteiger partial charge in [0.25, 0.3) is 0 Å². The monoisotopic (exact) mass is 410 g/mol. The van der Waals surface area contributed by atoms with Crippen LogP contribution in [0.5, 0.6) is 5.75 Å². The van der Waals surface area contributed by atoms with Gasteiger partial charge in [-0.2, -0.15) is 0 Å². The zero-order valence-corrected chi connectivity index (χ0v) is 17.5. The highest BCUT2D eigenvalue weighted by molar-refractivity contribution is 5.78. The summed E-state index contributed by atoms with van der Waals surface area (Å²) in [5.74, 6) is 0.968. The van der Waals surface area contributed by atoms with Crippen molar-refractivity contribution in [2.75, 3.05) is 31.7 Å². The van der Waals surface area contributed by atoms with Crippen LogP contribution in [0.4, 0.5) is 5.69 Å². The quantitative estimate of drug-likeness (QED) is 0.725. The highest BCUT2D eigenvalue weighted by atomic mass is 16.5. The fraction of sp³-hybridized carbons (Fsp3) is 0.458. The minimum absolute atomic E-state index is 0.186. The lowest BCUT2D eigenvalue weighted by atomic mass is 10.1. The van der Waals surface area contributed by atoms with Gasteiger partial charge in [0.05, 0.1) is 26.4 Å². The van der Waals surface area contributed by atoms with Crippen LogP contribution in [0.25, 0.3) is 0 Å². The summed E-state index contributed by atoms with van der Waals surface area (Å²) in [5.41, 5.74) is 3.20. The second kappa shape index (κ2) is 9.49. The maximum absolute atomic E-state index is 12.8. The van der Waals surface area contributed by atoms with Gasteiger partial charge in [-0.3, -0.25) is 4.79 Å². The zero-order valence-electron chi connectivity index (χ0n) is 17.5. The van der Waals surface area contributed by atoms with Crippen molar-refractivity contribution in [1.82, 2.24) is 4.90 Å². The minimum atomic E-state index is -0.641. The number of ether oxygens (including phenoxy) is 2. The van der Waals surface area contributed by atoms with Gasteiger partial charge >= 0.3 is 0 Å². The molecule has 0 spiro atoms. The van der Waals surface area contributed by atoms with Crippen molar-refractivity contribution < 1.29 is 19.4 Å². The maximum Gasteiger partial charge on any atom is 0.224 e. The van der Waals surface area contributed by atoms with Crippen molar-refractivity contribution in [3.05, 3.63) is 59.7 Å². The van der Waals surface area contributed by atoms with Crippen LogP contribution in [0, 0.1) is 0 Å². The predicted octanol–water partition coefficient (Wildman–Crippen LogP) is 2.97. The molecule has 1 heterocycles. The Kier molecular flexibility index (Phi) is 6.55. The average Bonchev–Trinajstić information content (AvgIpc) is 3.59. The average molecular weight is 411 g/mol. The van der Waals surface area contributed by atoms with Crippen molar-refractivity contribution in [2.24, 2.45) is 0 Å². The summed E-state index contributed by atoms with van der Waals surface area (Å²) in [4.78, 5) is 16.9. The number of carbonyl (C=O) groups is 1. The van der Waals surface area contributed by atoms with Crippen molar-refractivity contribution in [3.63, 3.8) is 0 Å². The third-order valence-corrected chi connectivity index (χ3v) is 5.72.